The fraction of sp³-hybridized carbons (Fsp3) is 0.300. The second-order valence-electron chi connectivity index (χ2n) is 6.08. The van der Waals surface area contributed by atoms with Gasteiger partial charge in [0.25, 0.3) is 0 Å². The summed E-state index contributed by atoms with van der Waals surface area (Å²) in [6, 6.07) is 13.6. The first-order chi connectivity index (χ1) is 13.6. The summed E-state index contributed by atoms with van der Waals surface area (Å²) in [5.74, 6) is 2.49. The molecule has 0 aliphatic rings. The number of hydrogen-bond donors (Lipinski definition) is 0. The third-order valence-electron chi connectivity index (χ3n) is 4.09. The maximum absolute atomic E-state index is 6.13. The molecule has 0 atom stereocenters. The summed E-state index contributed by atoms with van der Waals surface area (Å²) in [5, 5.41) is 10.8. The van der Waals surface area contributed by atoms with E-state index in [0.717, 1.165) is 40.6 Å². The Kier molecular flexibility index (Phi) is 8.09. The Bertz CT molecular complexity index is 918. The quantitative estimate of drug-likeness (QED) is 0.243. The number of aryl methyl sites for hydroxylation is 1. The molecular formula is C20H20BrCl2N3OS. The molecule has 3 aromatic rings. The normalized spacial score (nSPS) is 11.0. The molecule has 0 saturated heterocycles. The number of halogens is 3. The van der Waals surface area contributed by atoms with Crippen LogP contribution in [0.1, 0.15) is 24.7 Å². The van der Waals surface area contributed by atoms with Crippen LogP contribution in [0.25, 0.3) is 0 Å². The van der Waals surface area contributed by atoms with Crippen molar-refractivity contribution in [3.8, 4) is 5.75 Å². The van der Waals surface area contributed by atoms with Gasteiger partial charge in [0.1, 0.15) is 11.6 Å². The zero-order chi connectivity index (χ0) is 19.9. The number of nitrogens with zero attached hydrogens (tertiary/aromatic N) is 3. The van der Waals surface area contributed by atoms with Crippen molar-refractivity contribution in [1.82, 2.24) is 14.8 Å². The summed E-state index contributed by atoms with van der Waals surface area (Å²) < 4.78 is 9.00. The number of benzene rings is 2. The SMILES string of the molecule is CCn1c(CCCOc2ccc(Cl)cc2Cl)nnc1SCc1ccc(Br)cc1. The van der Waals surface area contributed by atoms with Crippen molar-refractivity contribution >= 4 is 50.9 Å². The molecule has 0 bridgehead atoms. The number of hydrogen-bond acceptors (Lipinski definition) is 4. The molecular weight excluding hydrogens is 481 g/mol. The van der Waals surface area contributed by atoms with Gasteiger partial charge >= 0.3 is 0 Å². The lowest BCUT2D eigenvalue weighted by atomic mass is 10.2. The van der Waals surface area contributed by atoms with Crippen LogP contribution < -0.4 is 4.74 Å². The third kappa shape index (κ3) is 5.89. The van der Waals surface area contributed by atoms with Crippen LogP contribution in [0, 0.1) is 0 Å². The highest BCUT2D eigenvalue weighted by Gasteiger charge is 2.12. The zero-order valence-electron chi connectivity index (χ0n) is 15.4. The first kappa shape index (κ1) is 21.5. The zero-order valence-corrected chi connectivity index (χ0v) is 19.3. The average molecular weight is 501 g/mol. The highest BCUT2D eigenvalue weighted by molar-refractivity contribution is 9.10. The van der Waals surface area contributed by atoms with Crippen LogP contribution >= 0.6 is 50.9 Å². The van der Waals surface area contributed by atoms with Gasteiger partial charge in [0, 0.05) is 28.2 Å². The van der Waals surface area contributed by atoms with E-state index in [2.05, 4.69) is 61.9 Å². The molecule has 1 aromatic heterocycles. The Morgan fingerprint density at radius 2 is 1.89 bits per heavy atom. The van der Waals surface area contributed by atoms with Crippen LogP contribution in [0.5, 0.6) is 5.75 Å². The molecule has 148 valence electrons. The third-order valence-corrected chi connectivity index (χ3v) is 6.18. The molecule has 0 unspecified atom stereocenters. The number of thioether (sulfide) groups is 1. The van der Waals surface area contributed by atoms with E-state index in [-0.39, 0.29) is 0 Å². The highest BCUT2D eigenvalue weighted by Crippen LogP contribution is 2.28. The summed E-state index contributed by atoms with van der Waals surface area (Å²) in [6.45, 7) is 3.51. The number of aromatic nitrogens is 3. The number of rotatable bonds is 9. The van der Waals surface area contributed by atoms with Gasteiger partial charge in [-0.25, -0.2) is 0 Å². The second-order valence-corrected chi connectivity index (χ2v) is 8.79. The van der Waals surface area contributed by atoms with Gasteiger partial charge in [0.15, 0.2) is 5.16 Å². The van der Waals surface area contributed by atoms with Gasteiger partial charge in [0.05, 0.1) is 11.6 Å². The lowest BCUT2D eigenvalue weighted by Crippen LogP contribution is -2.06. The van der Waals surface area contributed by atoms with E-state index in [0.29, 0.717) is 22.4 Å². The van der Waals surface area contributed by atoms with Crippen LogP contribution in [0.4, 0.5) is 0 Å². The van der Waals surface area contributed by atoms with Crippen molar-refractivity contribution in [3.05, 3.63) is 68.4 Å². The molecule has 0 N–H and O–H groups in total. The van der Waals surface area contributed by atoms with Crippen LogP contribution in [0.3, 0.4) is 0 Å². The van der Waals surface area contributed by atoms with E-state index in [4.69, 9.17) is 27.9 Å². The Hall–Kier alpha value is -1.21. The Labute approximate surface area is 187 Å². The van der Waals surface area contributed by atoms with Gasteiger partial charge in [0.2, 0.25) is 0 Å². The first-order valence-corrected chi connectivity index (χ1v) is 11.5. The van der Waals surface area contributed by atoms with Crippen molar-refractivity contribution in [2.45, 2.75) is 37.2 Å². The molecule has 0 spiro atoms. The predicted molar refractivity (Wildman–Crippen MR) is 120 cm³/mol. The van der Waals surface area contributed by atoms with Gasteiger partial charge in [-0.15, -0.1) is 10.2 Å². The minimum Gasteiger partial charge on any atom is -0.492 e. The van der Waals surface area contributed by atoms with E-state index in [1.807, 2.05) is 0 Å². The van der Waals surface area contributed by atoms with Crippen LogP contribution in [-0.2, 0) is 18.7 Å². The van der Waals surface area contributed by atoms with E-state index < -0.39 is 0 Å². The molecule has 1 heterocycles. The van der Waals surface area contributed by atoms with Gasteiger partial charge in [-0.3, -0.25) is 0 Å². The maximum atomic E-state index is 6.13. The van der Waals surface area contributed by atoms with Crippen molar-refractivity contribution in [1.29, 1.82) is 0 Å². The van der Waals surface area contributed by atoms with Crippen LogP contribution in [0.2, 0.25) is 10.0 Å². The minimum absolute atomic E-state index is 0.524. The molecule has 0 fully saturated rings. The molecule has 2 aromatic carbocycles. The summed E-state index contributed by atoms with van der Waals surface area (Å²) in [7, 11) is 0. The smallest absolute Gasteiger partial charge is 0.191 e. The van der Waals surface area contributed by atoms with Crippen LogP contribution in [0.15, 0.2) is 52.1 Å². The fourth-order valence-corrected chi connectivity index (χ4v) is 4.37. The van der Waals surface area contributed by atoms with Crippen LogP contribution in [-0.4, -0.2) is 21.4 Å². The molecule has 8 heteroatoms. The Morgan fingerprint density at radius 1 is 1.11 bits per heavy atom. The van der Waals surface area contributed by atoms with Gasteiger partial charge < -0.3 is 9.30 Å². The lowest BCUT2D eigenvalue weighted by molar-refractivity contribution is 0.309. The molecule has 0 aliphatic carbocycles. The molecule has 0 aliphatic heterocycles. The summed E-state index contributed by atoms with van der Waals surface area (Å²) >= 11 is 17.2. The van der Waals surface area contributed by atoms with E-state index >= 15 is 0 Å². The summed E-state index contributed by atoms with van der Waals surface area (Å²) in [6.07, 6.45) is 1.62. The van der Waals surface area contributed by atoms with Gasteiger partial charge in [-0.1, -0.05) is 63.0 Å². The maximum Gasteiger partial charge on any atom is 0.191 e. The monoisotopic (exact) mass is 499 g/mol. The molecule has 28 heavy (non-hydrogen) atoms. The standard InChI is InChI=1S/C20H20BrCl2N3OS/c1-2-26-19(4-3-11-27-18-10-9-16(22)12-17(18)23)24-25-20(26)28-13-14-5-7-15(21)8-6-14/h5-10,12H,2-4,11,13H2,1H3. The van der Waals surface area contributed by atoms with Gasteiger partial charge in [-0.2, -0.15) is 0 Å². The van der Waals surface area contributed by atoms with Crippen molar-refractivity contribution in [2.75, 3.05) is 6.61 Å². The molecule has 4 nitrogen and oxygen atoms in total. The molecule has 0 amide bonds. The molecule has 0 saturated carbocycles. The van der Waals surface area contributed by atoms with E-state index in [1.165, 1.54) is 5.56 Å². The lowest BCUT2D eigenvalue weighted by Gasteiger charge is -2.09. The van der Waals surface area contributed by atoms with Gasteiger partial charge in [-0.05, 0) is 49.2 Å². The Morgan fingerprint density at radius 3 is 2.61 bits per heavy atom. The fourth-order valence-electron chi connectivity index (χ4n) is 2.66. The molecule has 3 rings (SSSR count). The summed E-state index contributed by atoms with van der Waals surface area (Å²) in [4.78, 5) is 0. The number of ether oxygens (including phenoxy) is 1. The summed E-state index contributed by atoms with van der Waals surface area (Å²) in [5.41, 5.74) is 1.26. The topological polar surface area (TPSA) is 39.9 Å². The second kappa shape index (κ2) is 10.5. The van der Waals surface area contributed by atoms with Crippen molar-refractivity contribution in [3.63, 3.8) is 0 Å². The van der Waals surface area contributed by atoms with E-state index in [1.54, 1.807) is 30.0 Å². The first-order valence-electron chi connectivity index (χ1n) is 8.94. The predicted octanol–water partition coefficient (Wildman–Crippen LogP) is 6.67. The van der Waals surface area contributed by atoms with Crippen molar-refractivity contribution in [2.24, 2.45) is 0 Å². The molecule has 0 radical (unpaired) electrons. The highest BCUT2D eigenvalue weighted by atomic mass is 79.9. The average Bonchev–Trinajstić information content (AvgIpc) is 3.08. The van der Waals surface area contributed by atoms with E-state index in [9.17, 15) is 0 Å². The largest absolute Gasteiger partial charge is 0.492 e. The Balaban J connectivity index is 1.52. The van der Waals surface area contributed by atoms with Crippen molar-refractivity contribution < 1.29 is 4.74 Å². The minimum atomic E-state index is 0.524.